The first-order valence-corrected chi connectivity index (χ1v) is 9.43. The van der Waals surface area contributed by atoms with Crippen LogP contribution in [0.25, 0.3) is 17.2 Å². The molecule has 0 saturated carbocycles. The van der Waals surface area contributed by atoms with Crippen LogP contribution in [0, 0.1) is 0 Å². The number of allylic oxidation sites excluding steroid dienone is 1. The Morgan fingerprint density at radius 3 is 2.43 bits per heavy atom. The molecule has 0 fully saturated rings. The Morgan fingerprint density at radius 1 is 1.07 bits per heavy atom. The number of carboxylic acid groups (broad SMARTS) is 1. The zero-order chi connectivity index (χ0) is 20.1. The standard InChI is InChI=1S/C23H24N2O3/c1-3-5-8-19-16-24(4-2)23(28)25(19)15-17-11-13-18(14-12-17)20-9-6-7-10-21(20)22(26)27/h5-14,16H,3-4,15H2,1-2H3,(H,26,27). The number of imidazole rings is 1. The number of carboxylic acids is 1. The Kier molecular flexibility index (Phi) is 5.94. The van der Waals surface area contributed by atoms with Gasteiger partial charge < -0.3 is 5.11 Å². The van der Waals surface area contributed by atoms with Crippen molar-refractivity contribution in [2.75, 3.05) is 0 Å². The molecule has 0 aliphatic rings. The van der Waals surface area contributed by atoms with Crippen molar-refractivity contribution in [3.63, 3.8) is 0 Å². The van der Waals surface area contributed by atoms with Gasteiger partial charge in [0.25, 0.3) is 0 Å². The molecule has 3 rings (SSSR count). The fourth-order valence-corrected chi connectivity index (χ4v) is 3.20. The van der Waals surface area contributed by atoms with Gasteiger partial charge in [0.1, 0.15) is 0 Å². The van der Waals surface area contributed by atoms with E-state index in [1.54, 1.807) is 27.3 Å². The maximum absolute atomic E-state index is 12.6. The lowest BCUT2D eigenvalue weighted by Crippen LogP contribution is -2.24. The van der Waals surface area contributed by atoms with E-state index in [9.17, 15) is 14.7 Å². The highest BCUT2D eigenvalue weighted by Crippen LogP contribution is 2.24. The summed E-state index contributed by atoms with van der Waals surface area (Å²) in [7, 11) is 0. The summed E-state index contributed by atoms with van der Waals surface area (Å²) in [6.07, 6.45) is 6.80. The average Bonchev–Trinajstić information content (AvgIpc) is 3.01. The molecule has 28 heavy (non-hydrogen) atoms. The van der Waals surface area contributed by atoms with Crippen molar-refractivity contribution in [3.8, 4) is 11.1 Å². The fraction of sp³-hybridized carbons (Fsp3) is 0.217. The van der Waals surface area contributed by atoms with Crippen molar-refractivity contribution >= 4 is 12.0 Å². The number of benzene rings is 2. The maximum atomic E-state index is 12.6. The quantitative estimate of drug-likeness (QED) is 0.660. The second-order valence-electron chi connectivity index (χ2n) is 6.57. The normalized spacial score (nSPS) is 11.2. The average molecular weight is 376 g/mol. The summed E-state index contributed by atoms with van der Waals surface area (Å²) < 4.78 is 3.46. The lowest BCUT2D eigenvalue weighted by Gasteiger charge is -2.09. The molecular weight excluding hydrogens is 352 g/mol. The molecule has 0 radical (unpaired) electrons. The zero-order valence-electron chi connectivity index (χ0n) is 16.1. The minimum atomic E-state index is -0.945. The largest absolute Gasteiger partial charge is 0.478 e. The van der Waals surface area contributed by atoms with Gasteiger partial charge in [0.2, 0.25) is 0 Å². The van der Waals surface area contributed by atoms with Gasteiger partial charge in [0.15, 0.2) is 0 Å². The highest BCUT2D eigenvalue weighted by atomic mass is 16.4. The molecule has 1 aromatic heterocycles. The van der Waals surface area contributed by atoms with Crippen LogP contribution in [0.3, 0.4) is 0 Å². The van der Waals surface area contributed by atoms with E-state index in [2.05, 4.69) is 6.92 Å². The van der Waals surface area contributed by atoms with Crippen molar-refractivity contribution in [1.29, 1.82) is 0 Å². The SMILES string of the molecule is CCC=Cc1cn(CC)c(=O)n1Cc1ccc(-c2ccccc2C(=O)O)cc1. The number of aryl methyl sites for hydroxylation is 1. The van der Waals surface area contributed by atoms with Crippen LogP contribution in [-0.4, -0.2) is 20.2 Å². The number of aromatic carboxylic acids is 1. The van der Waals surface area contributed by atoms with Gasteiger partial charge in [-0.2, -0.15) is 0 Å². The van der Waals surface area contributed by atoms with Crippen LogP contribution in [0.1, 0.15) is 41.9 Å². The summed E-state index contributed by atoms with van der Waals surface area (Å²) in [5.41, 5.74) is 3.64. The molecule has 144 valence electrons. The van der Waals surface area contributed by atoms with Crippen LogP contribution in [0.5, 0.6) is 0 Å². The van der Waals surface area contributed by atoms with Gasteiger partial charge in [-0.3, -0.25) is 9.13 Å². The van der Waals surface area contributed by atoms with Crippen LogP contribution in [-0.2, 0) is 13.1 Å². The number of rotatable bonds is 7. The van der Waals surface area contributed by atoms with Gasteiger partial charge in [-0.05, 0) is 42.2 Å². The first-order chi connectivity index (χ1) is 13.5. The molecule has 0 aliphatic carbocycles. The van der Waals surface area contributed by atoms with Gasteiger partial charge in [-0.1, -0.05) is 55.5 Å². The molecule has 0 spiro atoms. The number of hydrogen-bond donors (Lipinski definition) is 1. The Bertz CT molecular complexity index is 1060. The Labute approximate surface area is 164 Å². The molecule has 2 aromatic carbocycles. The highest BCUT2D eigenvalue weighted by Gasteiger charge is 2.12. The predicted octanol–water partition coefficient (Wildman–Crippen LogP) is 4.51. The molecule has 5 nitrogen and oxygen atoms in total. The molecular formula is C23H24N2O3. The van der Waals surface area contributed by atoms with Crippen molar-refractivity contribution in [1.82, 2.24) is 9.13 Å². The summed E-state index contributed by atoms with van der Waals surface area (Å²) in [4.78, 5) is 24.1. The van der Waals surface area contributed by atoms with E-state index >= 15 is 0 Å². The number of aromatic nitrogens is 2. The van der Waals surface area contributed by atoms with Crippen LogP contribution in [0.4, 0.5) is 0 Å². The Morgan fingerprint density at radius 2 is 1.79 bits per heavy atom. The molecule has 5 heteroatoms. The van der Waals surface area contributed by atoms with E-state index in [4.69, 9.17) is 0 Å². The van der Waals surface area contributed by atoms with E-state index in [0.717, 1.165) is 23.2 Å². The van der Waals surface area contributed by atoms with Crippen molar-refractivity contribution < 1.29 is 9.90 Å². The lowest BCUT2D eigenvalue weighted by atomic mass is 9.99. The zero-order valence-corrected chi connectivity index (χ0v) is 16.1. The topological polar surface area (TPSA) is 64.2 Å². The third-order valence-electron chi connectivity index (χ3n) is 4.70. The summed E-state index contributed by atoms with van der Waals surface area (Å²) >= 11 is 0. The molecule has 0 unspecified atom stereocenters. The summed E-state index contributed by atoms with van der Waals surface area (Å²) in [6.45, 7) is 5.11. The van der Waals surface area contributed by atoms with Crippen molar-refractivity contribution in [2.24, 2.45) is 0 Å². The van der Waals surface area contributed by atoms with Gasteiger partial charge in [0, 0.05) is 12.7 Å². The summed E-state index contributed by atoms with van der Waals surface area (Å²) in [5, 5.41) is 9.39. The number of carbonyl (C=O) groups is 1. The smallest absolute Gasteiger partial charge is 0.336 e. The van der Waals surface area contributed by atoms with Crippen LogP contribution in [0.2, 0.25) is 0 Å². The van der Waals surface area contributed by atoms with Gasteiger partial charge in [0.05, 0.1) is 17.8 Å². The van der Waals surface area contributed by atoms with E-state index < -0.39 is 5.97 Å². The highest BCUT2D eigenvalue weighted by molar-refractivity contribution is 5.95. The number of hydrogen-bond acceptors (Lipinski definition) is 2. The van der Waals surface area contributed by atoms with E-state index in [1.165, 1.54) is 0 Å². The second-order valence-corrected chi connectivity index (χ2v) is 6.57. The van der Waals surface area contributed by atoms with E-state index in [1.807, 2.05) is 55.6 Å². The minimum absolute atomic E-state index is 0.0291. The fourth-order valence-electron chi connectivity index (χ4n) is 3.20. The van der Waals surface area contributed by atoms with Gasteiger partial charge in [-0.25, -0.2) is 9.59 Å². The third kappa shape index (κ3) is 3.98. The van der Waals surface area contributed by atoms with Crippen LogP contribution >= 0.6 is 0 Å². The molecule has 0 saturated heterocycles. The summed E-state index contributed by atoms with van der Waals surface area (Å²) in [5.74, 6) is -0.945. The minimum Gasteiger partial charge on any atom is -0.478 e. The van der Waals surface area contributed by atoms with Crippen molar-refractivity contribution in [3.05, 3.63) is 88.1 Å². The maximum Gasteiger partial charge on any atom is 0.336 e. The Balaban J connectivity index is 1.92. The van der Waals surface area contributed by atoms with Gasteiger partial charge in [-0.15, -0.1) is 0 Å². The Hall–Kier alpha value is -3.34. The molecule has 0 bridgehead atoms. The first kappa shape index (κ1) is 19.4. The van der Waals surface area contributed by atoms with Crippen LogP contribution < -0.4 is 5.69 Å². The molecule has 1 heterocycles. The predicted molar refractivity (Wildman–Crippen MR) is 112 cm³/mol. The third-order valence-corrected chi connectivity index (χ3v) is 4.70. The van der Waals surface area contributed by atoms with E-state index in [0.29, 0.717) is 18.7 Å². The van der Waals surface area contributed by atoms with Gasteiger partial charge >= 0.3 is 11.7 Å². The number of nitrogens with zero attached hydrogens (tertiary/aromatic N) is 2. The molecule has 0 aliphatic heterocycles. The van der Waals surface area contributed by atoms with Crippen molar-refractivity contribution in [2.45, 2.75) is 33.4 Å². The second kappa shape index (κ2) is 8.57. The van der Waals surface area contributed by atoms with Crippen LogP contribution in [0.15, 0.2) is 65.6 Å². The monoisotopic (exact) mass is 376 g/mol. The van der Waals surface area contributed by atoms with E-state index in [-0.39, 0.29) is 11.3 Å². The summed E-state index contributed by atoms with van der Waals surface area (Å²) in [6, 6.07) is 14.6. The molecule has 0 amide bonds. The molecule has 1 N–H and O–H groups in total. The molecule has 0 atom stereocenters. The lowest BCUT2D eigenvalue weighted by molar-refractivity contribution is 0.0697. The molecule has 3 aromatic rings. The first-order valence-electron chi connectivity index (χ1n) is 9.43.